The molecule has 2 heterocycles. The monoisotopic (exact) mass is 249 g/mol. The fourth-order valence-corrected chi connectivity index (χ4v) is 2.28. The molecule has 0 fully saturated rings. The first kappa shape index (κ1) is 11.5. The van der Waals surface area contributed by atoms with Crippen molar-refractivity contribution in [1.29, 1.82) is 0 Å². The van der Waals surface area contributed by atoms with Gasteiger partial charge in [0.25, 0.3) is 5.56 Å². The van der Waals surface area contributed by atoms with Crippen LogP contribution in [0.1, 0.15) is 23.7 Å². The van der Waals surface area contributed by atoms with Gasteiger partial charge in [-0.3, -0.25) is 10.2 Å². The minimum absolute atomic E-state index is 0.324. The third-order valence-corrected chi connectivity index (χ3v) is 3.18. The van der Waals surface area contributed by atoms with E-state index in [-0.39, 0.29) is 5.56 Å². The van der Waals surface area contributed by atoms with Crippen LogP contribution in [0.25, 0.3) is 0 Å². The summed E-state index contributed by atoms with van der Waals surface area (Å²) in [4.78, 5) is 11.5. The molecular formula is C11H13N4OS+. The zero-order chi connectivity index (χ0) is 12.4. The molecule has 0 aliphatic rings. The first-order chi connectivity index (χ1) is 8.09. The van der Waals surface area contributed by atoms with Crippen LogP contribution in [0.15, 0.2) is 21.6 Å². The number of thiophene rings is 1. The van der Waals surface area contributed by atoms with Crippen molar-refractivity contribution in [2.75, 3.05) is 5.73 Å². The quantitative estimate of drug-likeness (QED) is 0.644. The highest BCUT2D eigenvalue weighted by Crippen LogP contribution is 2.16. The Bertz CT molecular complexity index is 600. The number of nitrogens with one attached hydrogen (secondary N) is 1. The summed E-state index contributed by atoms with van der Waals surface area (Å²) in [5.41, 5.74) is 8.41. The molecule has 6 heteroatoms. The van der Waals surface area contributed by atoms with Crippen LogP contribution in [0.2, 0.25) is 0 Å². The number of aromatic amines is 1. The zero-order valence-corrected chi connectivity index (χ0v) is 10.2. The first-order valence-corrected chi connectivity index (χ1v) is 6.01. The van der Waals surface area contributed by atoms with Gasteiger partial charge in [0.2, 0.25) is 0 Å². The predicted octanol–water partition coefficient (Wildman–Crippen LogP) is -0.427. The van der Waals surface area contributed by atoms with Gasteiger partial charge >= 0.3 is 0 Å². The van der Waals surface area contributed by atoms with Crippen LogP contribution < -0.4 is 16.7 Å². The molecule has 0 atom stereocenters. The molecule has 2 aromatic heterocycles. The van der Waals surface area contributed by atoms with Crippen molar-refractivity contribution in [3.8, 4) is 0 Å². The van der Waals surface area contributed by atoms with Crippen molar-refractivity contribution in [1.82, 2.24) is 10.2 Å². The Morgan fingerprint density at radius 2 is 2.41 bits per heavy atom. The molecule has 0 aromatic carbocycles. The molecule has 0 amide bonds. The summed E-state index contributed by atoms with van der Waals surface area (Å²) < 4.78 is 0. The van der Waals surface area contributed by atoms with Crippen LogP contribution in [-0.2, 0) is 6.42 Å². The standard InChI is InChI=1S/C11H12N4OS/c1-6(12)9-10(13)8(14-15-11(9)16)4-7-2-3-17-5-7/h2-3,5,12H,4H2,1H3,(H3,13,15,16)/p+1. The van der Waals surface area contributed by atoms with Crippen LogP contribution in [0.5, 0.6) is 0 Å². The van der Waals surface area contributed by atoms with Gasteiger partial charge in [0, 0.05) is 13.3 Å². The number of nitrogens with two attached hydrogens (primary N) is 2. The number of hydrogen-bond donors (Lipinski definition) is 3. The molecule has 0 aliphatic heterocycles. The summed E-state index contributed by atoms with van der Waals surface area (Å²) in [6.45, 7) is 1.65. The highest BCUT2D eigenvalue weighted by Gasteiger charge is 2.16. The van der Waals surface area contributed by atoms with Gasteiger partial charge in [-0.1, -0.05) is 0 Å². The summed E-state index contributed by atoms with van der Waals surface area (Å²) in [5.74, 6) is 0. The van der Waals surface area contributed by atoms with Crippen molar-refractivity contribution in [3.05, 3.63) is 44.0 Å². The van der Waals surface area contributed by atoms with E-state index in [1.807, 2.05) is 16.8 Å². The smallest absolute Gasteiger partial charge is 0.279 e. The third kappa shape index (κ3) is 2.26. The van der Waals surface area contributed by atoms with Gasteiger partial charge in [0.05, 0.1) is 11.4 Å². The van der Waals surface area contributed by atoms with E-state index >= 15 is 0 Å². The summed E-state index contributed by atoms with van der Waals surface area (Å²) in [6, 6.07) is 2.00. The highest BCUT2D eigenvalue weighted by atomic mass is 32.1. The number of H-pyrrole nitrogens is 1. The van der Waals surface area contributed by atoms with Crippen LogP contribution >= 0.6 is 11.3 Å². The van der Waals surface area contributed by atoms with Gasteiger partial charge in [-0.15, -0.1) is 0 Å². The second-order valence-corrected chi connectivity index (χ2v) is 4.56. The highest BCUT2D eigenvalue weighted by molar-refractivity contribution is 7.07. The molecule has 0 aliphatic carbocycles. The Morgan fingerprint density at radius 3 is 3.00 bits per heavy atom. The number of aromatic nitrogens is 2. The largest absolute Gasteiger partial charge is 0.396 e. The van der Waals surface area contributed by atoms with E-state index in [1.54, 1.807) is 18.3 Å². The van der Waals surface area contributed by atoms with E-state index < -0.39 is 0 Å². The second-order valence-electron chi connectivity index (χ2n) is 3.78. The minimum atomic E-state index is -0.350. The van der Waals surface area contributed by atoms with E-state index in [2.05, 4.69) is 10.2 Å². The van der Waals surface area contributed by atoms with E-state index in [0.717, 1.165) is 5.56 Å². The molecule has 5 nitrogen and oxygen atoms in total. The van der Waals surface area contributed by atoms with E-state index in [4.69, 9.17) is 11.1 Å². The summed E-state index contributed by atoms with van der Waals surface area (Å²) >= 11 is 1.61. The number of nitrogens with zero attached hydrogens (tertiary/aromatic N) is 1. The van der Waals surface area contributed by atoms with Gasteiger partial charge in [-0.2, -0.15) is 16.4 Å². The Morgan fingerprint density at radius 1 is 1.65 bits per heavy atom. The topological polar surface area (TPSA) is 97.4 Å². The maximum Gasteiger partial charge on any atom is 0.279 e. The molecule has 17 heavy (non-hydrogen) atoms. The maximum absolute atomic E-state index is 11.5. The zero-order valence-electron chi connectivity index (χ0n) is 9.36. The molecular weight excluding hydrogens is 236 g/mol. The number of nitrogen functional groups attached to an aromatic ring is 1. The lowest BCUT2D eigenvalue weighted by molar-refractivity contribution is -0.113. The van der Waals surface area contributed by atoms with Crippen LogP contribution in [-0.4, -0.2) is 15.9 Å². The van der Waals surface area contributed by atoms with Gasteiger partial charge < -0.3 is 5.73 Å². The van der Waals surface area contributed by atoms with E-state index in [1.165, 1.54) is 0 Å². The number of rotatable bonds is 3. The first-order valence-electron chi connectivity index (χ1n) is 5.07. The molecule has 0 unspecified atom stereocenters. The number of hydrogen-bond acceptors (Lipinski definition) is 4. The van der Waals surface area contributed by atoms with Gasteiger partial charge in [-0.25, -0.2) is 5.10 Å². The van der Waals surface area contributed by atoms with E-state index in [0.29, 0.717) is 29.1 Å². The van der Waals surface area contributed by atoms with Crippen molar-refractivity contribution in [2.24, 2.45) is 0 Å². The summed E-state index contributed by atoms with van der Waals surface area (Å²) in [7, 11) is 0. The van der Waals surface area contributed by atoms with Crippen molar-refractivity contribution < 1.29 is 5.41 Å². The molecule has 0 saturated carbocycles. The average molecular weight is 249 g/mol. The van der Waals surface area contributed by atoms with E-state index in [9.17, 15) is 4.79 Å². The molecule has 2 aromatic rings. The average Bonchev–Trinajstić information content (AvgIpc) is 2.74. The lowest BCUT2D eigenvalue weighted by Gasteiger charge is -2.05. The molecule has 88 valence electrons. The molecule has 0 radical (unpaired) electrons. The molecule has 5 N–H and O–H groups in total. The van der Waals surface area contributed by atoms with Crippen LogP contribution in [0, 0.1) is 0 Å². The molecule has 2 rings (SSSR count). The lowest BCUT2D eigenvalue weighted by Crippen LogP contribution is -2.42. The minimum Gasteiger partial charge on any atom is -0.396 e. The Kier molecular flexibility index (Phi) is 3.06. The van der Waals surface area contributed by atoms with Gasteiger partial charge in [-0.05, 0) is 22.4 Å². The fraction of sp³-hybridized carbons (Fsp3) is 0.182. The van der Waals surface area contributed by atoms with Crippen molar-refractivity contribution in [2.45, 2.75) is 13.3 Å². The van der Waals surface area contributed by atoms with Gasteiger partial charge in [0.15, 0.2) is 5.71 Å². The van der Waals surface area contributed by atoms with Crippen molar-refractivity contribution in [3.63, 3.8) is 0 Å². The maximum atomic E-state index is 11.5. The Labute approximate surface area is 102 Å². The summed E-state index contributed by atoms with van der Waals surface area (Å²) in [5, 5.41) is 16.0. The fourth-order valence-electron chi connectivity index (χ4n) is 1.61. The van der Waals surface area contributed by atoms with Crippen LogP contribution in [0.3, 0.4) is 0 Å². The Hall–Kier alpha value is -1.95. The normalized spacial score (nSPS) is 10.4. The van der Waals surface area contributed by atoms with Crippen LogP contribution in [0.4, 0.5) is 5.69 Å². The van der Waals surface area contributed by atoms with Gasteiger partial charge in [0.1, 0.15) is 5.56 Å². The molecule has 0 saturated heterocycles. The van der Waals surface area contributed by atoms with Crippen molar-refractivity contribution >= 4 is 22.7 Å². The second kappa shape index (κ2) is 4.50. The third-order valence-electron chi connectivity index (χ3n) is 2.45. The lowest BCUT2D eigenvalue weighted by atomic mass is 10.1. The predicted molar refractivity (Wildman–Crippen MR) is 68.1 cm³/mol. The molecule has 0 bridgehead atoms. The SMILES string of the molecule is CC(=[NH2+])c1c(N)c(Cc2ccsc2)n[nH]c1=O. The number of anilines is 1. The summed E-state index contributed by atoms with van der Waals surface area (Å²) in [6.07, 6.45) is 0.590. The Balaban J connectivity index is 2.46. The molecule has 0 spiro atoms.